The number of esters is 1. The summed E-state index contributed by atoms with van der Waals surface area (Å²) in [5.41, 5.74) is 0.496. The van der Waals surface area contributed by atoms with E-state index in [-0.39, 0.29) is 17.6 Å². The van der Waals surface area contributed by atoms with Crippen molar-refractivity contribution >= 4 is 34.5 Å². The quantitative estimate of drug-likeness (QED) is 0.416. The van der Waals surface area contributed by atoms with Crippen LogP contribution in [0.1, 0.15) is 37.0 Å². The molecule has 2 atom stereocenters. The molecule has 1 aliphatic heterocycles. The maximum atomic E-state index is 13.2. The van der Waals surface area contributed by atoms with Crippen molar-refractivity contribution in [1.82, 2.24) is 14.9 Å². The van der Waals surface area contributed by atoms with Crippen molar-refractivity contribution in [2.24, 2.45) is 0 Å². The van der Waals surface area contributed by atoms with Gasteiger partial charge in [0.05, 0.1) is 41.5 Å². The van der Waals surface area contributed by atoms with Crippen molar-refractivity contribution in [2.45, 2.75) is 49.7 Å². The summed E-state index contributed by atoms with van der Waals surface area (Å²) in [6.07, 6.45) is 1.78. The third-order valence-corrected chi connectivity index (χ3v) is 5.84. The van der Waals surface area contributed by atoms with Gasteiger partial charge in [-0.2, -0.15) is 0 Å². The molecule has 0 aliphatic carbocycles. The zero-order valence-corrected chi connectivity index (χ0v) is 17.6. The Bertz CT molecular complexity index is 968. The van der Waals surface area contributed by atoms with Crippen LogP contribution in [0.5, 0.6) is 0 Å². The minimum Gasteiger partial charge on any atom is -0.465 e. The molecule has 9 heteroatoms. The Morgan fingerprint density at radius 3 is 2.90 bits per heavy atom. The van der Waals surface area contributed by atoms with Gasteiger partial charge in [-0.05, 0) is 44.9 Å². The largest absolute Gasteiger partial charge is 0.465 e. The Morgan fingerprint density at radius 1 is 1.45 bits per heavy atom. The fourth-order valence-corrected chi connectivity index (χ4v) is 4.16. The molecule has 1 amide bonds. The smallest absolute Gasteiger partial charge is 0.337 e. The lowest BCUT2D eigenvalue weighted by Gasteiger charge is -2.18. The lowest BCUT2D eigenvalue weighted by Crippen LogP contribution is -2.33. The van der Waals surface area contributed by atoms with Gasteiger partial charge in [0.15, 0.2) is 5.16 Å². The average molecular weight is 420 g/mol. The van der Waals surface area contributed by atoms with Crippen molar-refractivity contribution in [2.75, 3.05) is 20.3 Å². The summed E-state index contributed by atoms with van der Waals surface area (Å²) in [7, 11) is 1.30. The van der Waals surface area contributed by atoms with Gasteiger partial charge < -0.3 is 14.8 Å². The van der Waals surface area contributed by atoms with Crippen molar-refractivity contribution in [3.05, 3.63) is 34.1 Å². The second-order valence-corrected chi connectivity index (χ2v) is 8.13. The van der Waals surface area contributed by atoms with E-state index in [1.807, 2.05) is 6.92 Å². The summed E-state index contributed by atoms with van der Waals surface area (Å²) in [5.74, 6) is -0.624. The van der Waals surface area contributed by atoms with E-state index in [4.69, 9.17) is 9.47 Å². The van der Waals surface area contributed by atoms with Crippen LogP contribution in [0.25, 0.3) is 10.9 Å². The van der Waals surface area contributed by atoms with Crippen molar-refractivity contribution in [3.63, 3.8) is 0 Å². The van der Waals surface area contributed by atoms with Crippen molar-refractivity contribution in [1.29, 1.82) is 0 Å². The van der Waals surface area contributed by atoms with Crippen molar-refractivity contribution < 1.29 is 19.1 Å². The number of ether oxygens (including phenoxy) is 2. The number of fused-ring (bicyclic) bond motifs is 1. The molecule has 1 saturated heterocycles. The van der Waals surface area contributed by atoms with E-state index in [0.717, 1.165) is 12.8 Å². The first-order valence-corrected chi connectivity index (χ1v) is 10.5. The molecule has 8 nitrogen and oxygen atoms in total. The zero-order valence-electron chi connectivity index (χ0n) is 16.8. The van der Waals surface area contributed by atoms with E-state index in [9.17, 15) is 14.4 Å². The average Bonchev–Trinajstić information content (AvgIpc) is 3.23. The maximum absolute atomic E-state index is 13.2. The molecule has 1 fully saturated rings. The maximum Gasteiger partial charge on any atom is 0.337 e. The Kier molecular flexibility index (Phi) is 6.92. The molecule has 0 bridgehead atoms. The number of amides is 1. The number of rotatable bonds is 7. The van der Waals surface area contributed by atoms with Gasteiger partial charge in [0.1, 0.15) is 0 Å². The molecule has 0 spiro atoms. The van der Waals surface area contributed by atoms with Crippen LogP contribution < -0.4 is 10.9 Å². The van der Waals surface area contributed by atoms with E-state index in [1.165, 1.54) is 18.9 Å². The highest BCUT2D eigenvalue weighted by Gasteiger charge is 2.23. The predicted molar refractivity (Wildman–Crippen MR) is 110 cm³/mol. The first-order chi connectivity index (χ1) is 13.9. The first-order valence-electron chi connectivity index (χ1n) is 9.63. The minimum atomic E-state index is -0.498. The lowest BCUT2D eigenvalue weighted by molar-refractivity contribution is -0.120. The monoisotopic (exact) mass is 419 g/mol. The summed E-state index contributed by atoms with van der Waals surface area (Å²) in [4.78, 5) is 41.9. The second kappa shape index (κ2) is 9.41. The summed E-state index contributed by atoms with van der Waals surface area (Å²) in [6.45, 7) is 5.21. The molecular weight excluding hydrogens is 394 g/mol. The minimum absolute atomic E-state index is 0.0552. The molecule has 0 saturated carbocycles. The number of carbonyl (C=O) groups is 2. The Morgan fingerprint density at radius 2 is 2.24 bits per heavy atom. The lowest BCUT2D eigenvalue weighted by atomic mass is 10.1. The van der Waals surface area contributed by atoms with Gasteiger partial charge in [-0.15, -0.1) is 0 Å². The van der Waals surface area contributed by atoms with E-state index in [0.29, 0.717) is 41.3 Å². The number of carbonyl (C=O) groups excluding carboxylic acids is 2. The van der Waals surface area contributed by atoms with E-state index in [1.54, 1.807) is 29.7 Å². The number of benzene rings is 1. The van der Waals surface area contributed by atoms with Gasteiger partial charge in [-0.1, -0.05) is 11.8 Å². The third-order valence-electron chi connectivity index (χ3n) is 4.75. The molecular formula is C20H25N3O5S. The van der Waals surface area contributed by atoms with E-state index in [2.05, 4.69) is 10.3 Å². The van der Waals surface area contributed by atoms with Crippen LogP contribution in [-0.2, 0) is 20.8 Å². The highest BCUT2D eigenvalue weighted by Crippen LogP contribution is 2.25. The normalized spacial score (nSPS) is 17.3. The number of hydrogen-bond acceptors (Lipinski definition) is 7. The third kappa shape index (κ3) is 4.79. The molecule has 3 rings (SSSR count). The Labute approximate surface area is 173 Å². The van der Waals surface area contributed by atoms with Crippen LogP contribution in [0.2, 0.25) is 0 Å². The summed E-state index contributed by atoms with van der Waals surface area (Å²) in [5, 5.41) is 3.19. The molecule has 1 aromatic carbocycles. The summed E-state index contributed by atoms with van der Waals surface area (Å²) < 4.78 is 12.0. The molecule has 1 N–H and O–H groups in total. The Hall–Kier alpha value is -2.39. The van der Waals surface area contributed by atoms with Gasteiger partial charge in [-0.25, -0.2) is 9.78 Å². The predicted octanol–water partition coefficient (Wildman–Crippen LogP) is 1.98. The highest BCUT2D eigenvalue weighted by atomic mass is 32.2. The Balaban J connectivity index is 2.05. The molecule has 0 unspecified atom stereocenters. The number of thioether (sulfide) groups is 1. The van der Waals surface area contributed by atoms with Gasteiger partial charge >= 0.3 is 5.97 Å². The van der Waals surface area contributed by atoms with Gasteiger partial charge in [0, 0.05) is 13.2 Å². The molecule has 2 aromatic rings. The van der Waals surface area contributed by atoms with E-state index < -0.39 is 11.2 Å². The van der Waals surface area contributed by atoms with Gasteiger partial charge in [0.25, 0.3) is 5.56 Å². The van der Waals surface area contributed by atoms with Crippen LogP contribution in [0, 0.1) is 0 Å². The van der Waals surface area contributed by atoms with Crippen LogP contribution >= 0.6 is 11.8 Å². The molecule has 2 heterocycles. The zero-order chi connectivity index (χ0) is 21.0. The number of hydrogen-bond donors (Lipinski definition) is 1. The summed E-state index contributed by atoms with van der Waals surface area (Å²) >= 11 is 1.22. The second-order valence-electron chi connectivity index (χ2n) is 6.82. The molecule has 1 aromatic heterocycles. The summed E-state index contributed by atoms with van der Waals surface area (Å²) in [6, 6.07) is 4.68. The first kappa shape index (κ1) is 21.3. The molecule has 0 radical (unpaired) electrons. The number of nitrogens with zero attached hydrogens (tertiary/aromatic N) is 2. The standard InChI is InChI=1S/C20H25N3O5S/c1-4-21-17(24)12(2)29-20-22-16-10-13(19(26)27-3)7-8-15(16)18(25)23(20)11-14-6-5-9-28-14/h7-8,10,12,14H,4-6,9,11H2,1-3H3,(H,21,24)/t12-,14+/m0/s1. The van der Waals surface area contributed by atoms with Crippen LogP contribution in [0.4, 0.5) is 0 Å². The molecule has 156 valence electrons. The fourth-order valence-electron chi connectivity index (χ4n) is 3.22. The van der Waals surface area contributed by atoms with Crippen LogP contribution in [-0.4, -0.2) is 53.0 Å². The number of methoxy groups -OCH3 is 1. The SMILES string of the molecule is CCNC(=O)[C@H](C)Sc1nc2cc(C(=O)OC)ccc2c(=O)n1C[C@H]1CCCO1. The van der Waals surface area contributed by atoms with Crippen LogP contribution in [0.3, 0.4) is 0 Å². The van der Waals surface area contributed by atoms with Gasteiger partial charge in [-0.3, -0.25) is 14.2 Å². The van der Waals surface area contributed by atoms with E-state index >= 15 is 0 Å². The highest BCUT2D eigenvalue weighted by molar-refractivity contribution is 8.00. The topological polar surface area (TPSA) is 99.5 Å². The van der Waals surface area contributed by atoms with Crippen molar-refractivity contribution in [3.8, 4) is 0 Å². The fraction of sp³-hybridized carbons (Fsp3) is 0.500. The number of aromatic nitrogens is 2. The van der Waals surface area contributed by atoms with Gasteiger partial charge in [0.2, 0.25) is 5.91 Å². The molecule has 29 heavy (non-hydrogen) atoms. The van der Waals surface area contributed by atoms with Crippen LogP contribution in [0.15, 0.2) is 28.2 Å². The molecule has 1 aliphatic rings. The number of nitrogens with one attached hydrogen (secondary N) is 1.